The molecule has 1 aromatic heterocycles. The number of hydrogen-bond donors (Lipinski definition) is 0. The largest absolute Gasteiger partial charge is 0.265 e. The summed E-state index contributed by atoms with van der Waals surface area (Å²) in [6, 6.07) is 8.64. The van der Waals surface area contributed by atoms with Gasteiger partial charge in [0, 0.05) is 30.5 Å². The van der Waals surface area contributed by atoms with Gasteiger partial charge in [0.25, 0.3) is 0 Å². The molecule has 0 fully saturated rings. The van der Waals surface area contributed by atoms with Crippen LogP contribution in [0.5, 0.6) is 0 Å². The Balaban J connectivity index is 2.27. The molecule has 2 aromatic rings. The molecule has 4 nitrogen and oxygen atoms in total. The van der Waals surface area contributed by atoms with Crippen LogP contribution in [0.25, 0.3) is 0 Å². The first-order valence-corrected chi connectivity index (χ1v) is 8.26. The van der Waals surface area contributed by atoms with E-state index < -0.39 is 10.0 Å². The molecule has 0 aliphatic carbocycles. The minimum atomic E-state index is -3.48. The van der Waals surface area contributed by atoms with E-state index in [1.54, 1.807) is 49.8 Å². The Hall–Kier alpha value is -1.24. The van der Waals surface area contributed by atoms with Crippen LogP contribution in [-0.4, -0.2) is 24.8 Å². The first-order chi connectivity index (χ1) is 9.41. The molecule has 0 radical (unpaired) electrons. The first-order valence-electron chi connectivity index (χ1n) is 6.02. The lowest BCUT2D eigenvalue weighted by molar-refractivity contribution is 0.466. The topological polar surface area (TPSA) is 50.3 Å². The molecule has 106 valence electrons. The average molecular weight is 355 g/mol. The Morgan fingerprint density at radius 2 is 1.85 bits per heavy atom. The summed E-state index contributed by atoms with van der Waals surface area (Å²) >= 11 is 3.37. The van der Waals surface area contributed by atoms with Gasteiger partial charge >= 0.3 is 0 Å². The highest BCUT2D eigenvalue weighted by Crippen LogP contribution is 2.22. The summed E-state index contributed by atoms with van der Waals surface area (Å²) < 4.78 is 27.2. The Bertz CT molecular complexity index is 702. The molecule has 0 spiro atoms. The maximum atomic E-state index is 12.5. The minimum absolute atomic E-state index is 0.301. The van der Waals surface area contributed by atoms with E-state index in [-0.39, 0.29) is 0 Å². The predicted octanol–water partition coefficient (Wildman–Crippen LogP) is 2.97. The lowest BCUT2D eigenvalue weighted by atomic mass is 10.2. The molecule has 0 atom stereocenters. The number of aromatic nitrogens is 1. The second-order valence-electron chi connectivity index (χ2n) is 4.53. The molecule has 20 heavy (non-hydrogen) atoms. The molecule has 1 heterocycles. The van der Waals surface area contributed by atoms with E-state index in [2.05, 4.69) is 20.9 Å². The normalized spacial score (nSPS) is 11.8. The van der Waals surface area contributed by atoms with Crippen LogP contribution in [0.4, 0.5) is 0 Å². The summed E-state index contributed by atoms with van der Waals surface area (Å²) in [6.07, 6.45) is 3.30. The van der Waals surface area contributed by atoms with Crippen molar-refractivity contribution < 1.29 is 8.42 Å². The van der Waals surface area contributed by atoms with E-state index in [0.29, 0.717) is 11.4 Å². The van der Waals surface area contributed by atoms with Crippen molar-refractivity contribution in [2.45, 2.75) is 18.4 Å². The Morgan fingerprint density at radius 1 is 1.20 bits per heavy atom. The second kappa shape index (κ2) is 6.03. The number of pyridine rings is 1. The van der Waals surface area contributed by atoms with Crippen LogP contribution in [0.1, 0.15) is 11.1 Å². The molecule has 2 rings (SSSR count). The summed E-state index contributed by atoms with van der Waals surface area (Å²) in [7, 11) is -1.91. The van der Waals surface area contributed by atoms with Crippen LogP contribution >= 0.6 is 15.9 Å². The molecule has 0 bridgehead atoms. The number of hydrogen-bond acceptors (Lipinski definition) is 3. The molecule has 0 saturated carbocycles. The summed E-state index contributed by atoms with van der Waals surface area (Å²) in [5.41, 5.74) is 1.79. The maximum absolute atomic E-state index is 12.5. The van der Waals surface area contributed by atoms with Crippen molar-refractivity contribution in [1.29, 1.82) is 0 Å². The summed E-state index contributed by atoms with van der Waals surface area (Å²) in [6.45, 7) is 2.19. The fourth-order valence-corrected chi connectivity index (χ4v) is 3.28. The van der Waals surface area contributed by atoms with Crippen molar-refractivity contribution >= 4 is 26.0 Å². The van der Waals surface area contributed by atoms with Crippen molar-refractivity contribution in [1.82, 2.24) is 9.29 Å². The lowest BCUT2D eigenvalue weighted by Gasteiger charge is -2.17. The van der Waals surface area contributed by atoms with Crippen molar-refractivity contribution in [3.63, 3.8) is 0 Å². The quantitative estimate of drug-likeness (QED) is 0.847. The van der Waals surface area contributed by atoms with Crippen LogP contribution in [0.15, 0.2) is 52.1 Å². The van der Waals surface area contributed by atoms with Crippen molar-refractivity contribution in [2.75, 3.05) is 7.05 Å². The van der Waals surface area contributed by atoms with Crippen molar-refractivity contribution in [3.8, 4) is 0 Å². The third-order valence-electron chi connectivity index (χ3n) is 2.99. The number of aryl methyl sites for hydroxylation is 1. The van der Waals surface area contributed by atoms with Gasteiger partial charge in [-0.3, -0.25) is 4.98 Å². The van der Waals surface area contributed by atoms with E-state index in [4.69, 9.17) is 0 Å². The molecular formula is C14H15BrN2O2S. The molecule has 0 aliphatic heterocycles. The summed E-state index contributed by atoms with van der Waals surface area (Å²) in [4.78, 5) is 4.22. The van der Waals surface area contributed by atoms with Crippen LogP contribution in [0, 0.1) is 6.92 Å². The monoisotopic (exact) mass is 354 g/mol. The van der Waals surface area contributed by atoms with Gasteiger partial charge in [0.15, 0.2) is 0 Å². The van der Waals surface area contributed by atoms with Crippen LogP contribution in [-0.2, 0) is 16.6 Å². The zero-order valence-electron chi connectivity index (χ0n) is 11.2. The van der Waals surface area contributed by atoms with Gasteiger partial charge in [0.1, 0.15) is 0 Å². The second-order valence-corrected chi connectivity index (χ2v) is 7.43. The molecule has 0 saturated heterocycles. The van der Waals surface area contributed by atoms with Crippen LogP contribution < -0.4 is 0 Å². The van der Waals surface area contributed by atoms with Gasteiger partial charge in [0.2, 0.25) is 10.0 Å². The lowest BCUT2D eigenvalue weighted by Crippen LogP contribution is -2.26. The number of rotatable bonds is 4. The van der Waals surface area contributed by atoms with Crippen molar-refractivity contribution in [2.24, 2.45) is 0 Å². The van der Waals surface area contributed by atoms with Gasteiger partial charge in [-0.2, -0.15) is 4.31 Å². The molecule has 0 N–H and O–H groups in total. The standard InChI is InChI=1S/C14H15BrN2O2S/c1-11-9-13(3-4-14(11)15)20(18,19)17(2)10-12-5-7-16-8-6-12/h3-9H,10H2,1-2H3. The first kappa shape index (κ1) is 15.2. The Labute approximate surface area is 127 Å². The average Bonchev–Trinajstić information content (AvgIpc) is 2.42. The SMILES string of the molecule is Cc1cc(S(=O)(=O)N(C)Cc2ccncc2)ccc1Br. The fraction of sp³-hybridized carbons (Fsp3) is 0.214. The predicted molar refractivity (Wildman–Crippen MR) is 81.8 cm³/mol. The van der Waals surface area contributed by atoms with E-state index in [9.17, 15) is 8.42 Å². The third-order valence-corrected chi connectivity index (χ3v) is 5.68. The molecule has 0 aliphatic rings. The summed E-state index contributed by atoms with van der Waals surface area (Å²) in [5, 5.41) is 0. The van der Waals surface area contributed by atoms with Gasteiger partial charge in [-0.25, -0.2) is 8.42 Å². The number of benzene rings is 1. The number of sulfonamides is 1. The van der Waals surface area contributed by atoms with E-state index in [1.807, 2.05) is 6.92 Å². The third kappa shape index (κ3) is 3.26. The molecule has 0 unspecified atom stereocenters. The maximum Gasteiger partial charge on any atom is 0.243 e. The molecule has 0 amide bonds. The zero-order valence-corrected chi connectivity index (χ0v) is 13.6. The highest BCUT2D eigenvalue weighted by Gasteiger charge is 2.21. The van der Waals surface area contributed by atoms with Gasteiger partial charge in [-0.15, -0.1) is 0 Å². The number of halogens is 1. The highest BCUT2D eigenvalue weighted by molar-refractivity contribution is 9.10. The van der Waals surface area contributed by atoms with Gasteiger partial charge < -0.3 is 0 Å². The minimum Gasteiger partial charge on any atom is -0.265 e. The molecule has 1 aromatic carbocycles. The van der Waals surface area contributed by atoms with E-state index in [1.165, 1.54) is 4.31 Å². The van der Waals surface area contributed by atoms with Gasteiger partial charge in [-0.05, 0) is 48.4 Å². The van der Waals surface area contributed by atoms with Crippen LogP contribution in [0.2, 0.25) is 0 Å². The van der Waals surface area contributed by atoms with Gasteiger partial charge in [-0.1, -0.05) is 15.9 Å². The highest BCUT2D eigenvalue weighted by atomic mass is 79.9. The Morgan fingerprint density at radius 3 is 2.45 bits per heavy atom. The zero-order chi connectivity index (χ0) is 14.8. The van der Waals surface area contributed by atoms with Crippen LogP contribution in [0.3, 0.4) is 0 Å². The fourth-order valence-electron chi connectivity index (χ4n) is 1.79. The van der Waals surface area contributed by atoms with E-state index in [0.717, 1.165) is 15.6 Å². The molecule has 6 heteroatoms. The van der Waals surface area contributed by atoms with Crippen molar-refractivity contribution in [3.05, 3.63) is 58.3 Å². The smallest absolute Gasteiger partial charge is 0.243 e. The number of nitrogens with zero attached hydrogens (tertiary/aromatic N) is 2. The summed E-state index contributed by atoms with van der Waals surface area (Å²) in [5.74, 6) is 0. The van der Waals surface area contributed by atoms with E-state index >= 15 is 0 Å². The van der Waals surface area contributed by atoms with Gasteiger partial charge in [0.05, 0.1) is 4.90 Å². The molecular weight excluding hydrogens is 340 g/mol. The Kier molecular flexibility index (Phi) is 4.57.